The minimum Gasteiger partial charge on any atom is -0.444 e. The summed E-state index contributed by atoms with van der Waals surface area (Å²) in [5, 5.41) is 14.7. The van der Waals surface area contributed by atoms with Gasteiger partial charge in [0, 0.05) is 17.5 Å². The van der Waals surface area contributed by atoms with E-state index in [-0.39, 0.29) is 11.7 Å². The lowest BCUT2D eigenvalue weighted by atomic mass is 9.79. The number of para-hydroxylation sites is 1. The number of carbonyl (C=O) groups excluding carboxylic acids is 1. The predicted molar refractivity (Wildman–Crippen MR) is 107 cm³/mol. The van der Waals surface area contributed by atoms with Crippen LogP contribution in [-0.4, -0.2) is 28.4 Å². The third-order valence-corrected chi connectivity index (χ3v) is 5.23. The highest BCUT2D eigenvalue weighted by Gasteiger charge is 2.34. The van der Waals surface area contributed by atoms with E-state index in [2.05, 4.69) is 5.32 Å². The van der Waals surface area contributed by atoms with Crippen molar-refractivity contribution in [2.45, 2.75) is 76.5 Å². The van der Waals surface area contributed by atoms with Crippen molar-refractivity contribution in [1.29, 1.82) is 0 Å². The lowest BCUT2D eigenvalue weighted by Gasteiger charge is -2.36. The molecule has 28 heavy (non-hydrogen) atoms. The van der Waals surface area contributed by atoms with Crippen LogP contribution in [0.1, 0.15) is 58.4 Å². The lowest BCUT2D eigenvalue weighted by Crippen LogP contribution is -2.45. The molecule has 0 unspecified atom stereocenters. The normalized spacial score (nSPS) is 22.8. The second-order valence-electron chi connectivity index (χ2n) is 8.73. The first-order chi connectivity index (χ1) is 13.1. The van der Waals surface area contributed by atoms with Crippen LogP contribution < -0.4 is 10.9 Å². The van der Waals surface area contributed by atoms with Crippen LogP contribution in [0.15, 0.2) is 39.5 Å². The summed E-state index contributed by atoms with van der Waals surface area (Å²) >= 11 is 0. The average molecular weight is 387 g/mol. The summed E-state index contributed by atoms with van der Waals surface area (Å²) in [4.78, 5) is 23.5. The summed E-state index contributed by atoms with van der Waals surface area (Å²) in [6, 6.07) is 8.97. The van der Waals surface area contributed by atoms with E-state index < -0.39 is 17.3 Å². The van der Waals surface area contributed by atoms with Crippen molar-refractivity contribution in [2.75, 3.05) is 0 Å². The topological polar surface area (TPSA) is 88.8 Å². The minimum atomic E-state index is -0.774. The van der Waals surface area contributed by atoms with Crippen molar-refractivity contribution < 1.29 is 19.1 Å². The van der Waals surface area contributed by atoms with Crippen LogP contribution in [0.25, 0.3) is 11.0 Å². The first-order valence-corrected chi connectivity index (χ1v) is 9.87. The molecule has 1 amide bonds. The molecular formula is C22H29NO5. The van der Waals surface area contributed by atoms with Gasteiger partial charge in [0.2, 0.25) is 0 Å². The van der Waals surface area contributed by atoms with Crippen LogP contribution in [-0.2, 0) is 11.2 Å². The zero-order valence-corrected chi connectivity index (χ0v) is 16.8. The smallest absolute Gasteiger partial charge is 0.407 e. The van der Waals surface area contributed by atoms with E-state index in [1.165, 1.54) is 6.07 Å². The van der Waals surface area contributed by atoms with Gasteiger partial charge in [0.1, 0.15) is 11.2 Å². The highest BCUT2D eigenvalue weighted by atomic mass is 16.6. The molecule has 0 atom stereocenters. The van der Waals surface area contributed by atoms with Crippen molar-refractivity contribution in [1.82, 2.24) is 5.32 Å². The fraction of sp³-hybridized carbons (Fsp3) is 0.545. The number of aryl methyl sites for hydroxylation is 1. The molecule has 0 bridgehead atoms. The molecule has 0 aliphatic heterocycles. The number of carbonyl (C=O) groups is 1. The maximum Gasteiger partial charge on any atom is 0.407 e. The fourth-order valence-electron chi connectivity index (χ4n) is 3.74. The quantitative estimate of drug-likeness (QED) is 0.776. The predicted octanol–water partition coefficient (Wildman–Crippen LogP) is 3.92. The maximum absolute atomic E-state index is 11.9. The zero-order chi connectivity index (χ0) is 20.4. The van der Waals surface area contributed by atoms with Crippen LogP contribution in [0.2, 0.25) is 0 Å². The molecule has 1 aromatic heterocycles. The van der Waals surface area contributed by atoms with Crippen molar-refractivity contribution in [2.24, 2.45) is 0 Å². The van der Waals surface area contributed by atoms with Gasteiger partial charge in [0.05, 0.1) is 5.60 Å². The fourth-order valence-corrected chi connectivity index (χ4v) is 3.74. The van der Waals surface area contributed by atoms with Gasteiger partial charge in [-0.05, 0) is 70.9 Å². The molecule has 1 aliphatic carbocycles. The molecule has 2 aromatic rings. The Labute approximate surface area is 164 Å². The highest BCUT2D eigenvalue weighted by Crippen LogP contribution is 2.33. The standard InChI is InChI=1S/C22H29NO5/c1-21(2,3)28-20(25)23-17-10-13-22(26,14-11-17)12-9-16-6-4-5-15-7-8-18(24)27-19(15)16/h4-8,17,26H,9-14H2,1-3H3,(H,23,25)/t17-,22-. The summed E-state index contributed by atoms with van der Waals surface area (Å²) < 4.78 is 10.7. The third kappa shape index (κ3) is 5.35. The van der Waals surface area contributed by atoms with Crippen molar-refractivity contribution in [3.63, 3.8) is 0 Å². The SMILES string of the molecule is CC(C)(C)OC(=O)N[C@H]1CC[C@@](O)(CCc2cccc3ccc(=O)oc23)CC1. The molecule has 1 saturated carbocycles. The van der Waals surface area contributed by atoms with E-state index in [0.29, 0.717) is 44.1 Å². The zero-order valence-electron chi connectivity index (χ0n) is 16.8. The van der Waals surface area contributed by atoms with Crippen LogP contribution in [0.5, 0.6) is 0 Å². The second-order valence-corrected chi connectivity index (χ2v) is 8.73. The van der Waals surface area contributed by atoms with Gasteiger partial charge in [-0.15, -0.1) is 0 Å². The molecule has 1 aliphatic rings. The van der Waals surface area contributed by atoms with E-state index in [1.807, 2.05) is 39.0 Å². The number of amides is 1. The van der Waals surface area contributed by atoms with Crippen molar-refractivity contribution >= 4 is 17.1 Å². The van der Waals surface area contributed by atoms with Gasteiger partial charge >= 0.3 is 11.7 Å². The number of nitrogens with one attached hydrogen (secondary N) is 1. The first kappa shape index (κ1) is 20.4. The molecule has 6 heteroatoms. The molecule has 0 spiro atoms. The number of fused-ring (bicyclic) bond motifs is 1. The maximum atomic E-state index is 11.9. The number of hydrogen-bond acceptors (Lipinski definition) is 5. The van der Waals surface area contributed by atoms with Gasteiger partial charge < -0.3 is 19.6 Å². The van der Waals surface area contributed by atoms with Gasteiger partial charge in [-0.25, -0.2) is 9.59 Å². The molecule has 152 valence electrons. The van der Waals surface area contributed by atoms with Crippen LogP contribution >= 0.6 is 0 Å². The Hall–Kier alpha value is -2.34. The number of rotatable bonds is 4. The van der Waals surface area contributed by atoms with E-state index in [9.17, 15) is 14.7 Å². The third-order valence-electron chi connectivity index (χ3n) is 5.23. The molecular weight excluding hydrogens is 358 g/mol. The molecule has 6 nitrogen and oxygen atoms in total. The number of alkyl carbamates (subject to hydrolysis) is 1. The summed E-state index contributed by atoms with van der Waals surface area (Å²) in [6.45, 7) is 5.50. The van der Waals surface area contributed by atoms with E-state index in [4.69, 9.17) is 9.15 Å². The number of benzene rings is 1. The summed E-state index contributed by atoms with van der Waals surface area (Å²) in [5.41, 5.74) is -0.139. The molecule has 2 N–H and O–H groups in total. The summed E-state index contributed by atoms with van der Waals surface area (Å²) in [5.74, 6) is 0. The largest absolute Gasteiger partial charge is 0.444 e. The van der Waals surface area contributed by atoms with E-state index in [1.54, 1.807) is 6.07 Å². The lowest BCUT2D eigenvalue weighted by molar-refractivity contribution is -0.0128. The van der Waals surface area contributed by atoms with E-state index >= 15 is 0 Å². The summed E-state index contributed by atoms with van der Waals surface area (Å²) in [7, 11) is 0. The monoisotopic (exact) mass is 387 g/mol. The van der Waals surface area contributed by atoms with Crippen LogP contribution in [0.4, 0.5) is 4.79 Å². The Balaban J connectivity index is 1.56. The molecule has 1 fully saturated rings. The minimum absolute atomic E-state index is 0.0192. The second kappa shape index (κ2) is 7.95. The Bertz CT molecular complexity index is 888. The summed E-state index contributed by atoms with van der Waals surface area (Å²) in [6.07, 6.45) is 3.45. The van der Waals surface area contributed by atoms with Gasteiger partial charge in [-0.2, -0.15) is 0 Å². The Morgan fingerprint density at radius 1 is 1.25 bits per heavy atom. The van der Waals surface area contributed by atoms with Crippen LogP contribution in [0.3, 0.4) is 0 Å². The first-order valence-electron chi connectivity index (χ1n) is 9.87. The number of ether oxygens (including phenoxy) is 1. The number of hydrogen-bond donors (Lipinski definition) is 2. The van der Waals surface area contributed by atoms with Gasteiger partial charge in [0.15, 0.2) is 0 Å². The highest BCUT2D eigenvalue weighted by molar-refractivity contribution is 5.79. The molecule has 0 saturated heterocycles. The van der Waals surface area contributed by atoms with Crippen LogP contribution in [0, 0.1) is 0 Å². The Kier molecular flexibility index (Phi) is 5.79. The molecule has 0 radical (unpaired) electrons. The molecule has 3 rings (SSSR count). The molecule has 1 aromatic carbocycles. The Morgan fingerprint density at radius 3 is 2.64 bits per heavy atom. The average Bonchev–Trinajstić information content (AvgIpc) is 2.61. The van der Waals surface area contributed by atoms with Crippen molar-refractivity contribution in [3.8, 4) is 0 Å². The van der Waals surface area contributed by atoms with Gasteiger partial charge in [-0.3, -0.25) is 0 Å². The Morgan fingerprint density at radius 2 is 1.96 bits per heavy atom. The van der Waals surface area contributed by atoms with Gasteiger partial charge in [0.25, 0.3) is 0 Å². The van der Waals surface area contributed by atoms with E-state index in [0.717, 1.165) is 10.9 Å². The van der Waals surface area contributed by atoms with Gasteiger partial charge in [-0.1, -0.05) is 18.2 Å². The van der Waals surface area contributed by atoms with Crippen molar-refractivity contribution in [3.05, 3.63) is 46.3 Å². The number of aliphatic hydroxyl groups is 1. The molecule has 1 heterocycles.